The number of para-hydroxylation sites is 1. The van der Waals surface area contributed by atoms with E-state index in [1.165, 1.54) is 11.3 Å². The van der Waals surface area contributed by atoms with Crippen molar-refractivity contribution in [3.8, 4) is 0 Å². The van der Waals surface area contributed by atoms with Gasteiger partial charge in [0, 0.05) is 30.7 Å². The van der Waals surface area contributed by atoms with Crippen molar-refractivity contribution in [3.05, 3.63) is 41.5 Å². The molecule has 1 aromatic carbocycles. The van der Waals surface area contributed by atoms with Crippen LogP contribution in [-0.2, 0) is 18.5 Å². The van der Waals surface area contributed by atoms with Crippen LogP contribution in [0.25, 0.3) is 0 Å². The van der Waals surface area contributed by atoms with Gasteiger partial charge in [-0.1, -0.05) is 44.1 Å². The minimum Gasteiger partial charge on any atom is -0.361 e. The number of benzene rings is 1. The minimum absolute atomic E-state index is 0. The molecule has 0 saturated carbocycles. The summed E-state index contributed by atoms with van der Waals surface area (Å²) >= 11 is 0. The first-order chi connectivity index (χ1) is 10.0. The van der Waals surface area contributed by atoms with E-state index in [-0.39, 0.29) is 17.8 Å². The number of nitrogens with zero attached hydrogens (tertiary/aromatic N) is 3. The van der Waals surface area contributed by atoms with E-state index < -0.39 is 0 Å². The average Bonchev–Trinajstić information content (AvgIpc) is 2.82. The number of aromatic nitrogens is 2. The molecule has 0 unspecified atom stereocenters. The van der Waals surface area contributed by atoms with E-state index in [1.807, 2.05) is 0 Å². The van der Waals surface area contributed by atoms with Crippen molar-refractivity contribution in [2.45, 2.75) is 39.3 Å². The molecule has 1 aliphatic rings. The summed E-state index contributed by atoms with van der Waals surface area (Å²) in [5.74, 6) is 1.44. The van der Waals surface area contributed by atoms with Gasteiger partial charge in [0.05, 0.1) is 6.54 Å². The molecule has 5 nitrogen and oxygen atoms in total. The van der Waals surface area contributed by atoms with Gasteiger partial charge in [0.25, 0.3) is 0 Å². The van der Waals surface area contributed by atoms with Crippen LogP contribution in [0.3, 0.4) is 0 Å². The van der Waals surface area contributed by atoms with Crippen molar-refractivity contribution < 1.29 is 4.52 Å². The third-order valence-corrected chi connectivity index (χ3v) is 3.67. The van der Waals surface area contributed by atoms with Crippen LogP contribution in [0.4, 0.5) is 5.69 Å². The van der Waals surface area contributed by atoms with E-state index in [4.69, 9.17) is 4.52 Å². The molecule has 0 saturated heterocycles. The van der Waals surface area contributed by atoms with E-state index in [0.29, 0.717) is 12.4 Å². The number of halogens is 1. The average molecular weight is 323 g/mol. The Bertz CT molecular complexity index is 621. The van der Waals surface area contributed by atoms with E-state index in [0.717, 1.165) is 25.5 Å². The molecule has 0 fully saturated rings. The third kappa shape index (κ3) is 3.59. The van der Waals surface area contributed by atoms with Crippen LogP contribution in [0.5, 0.6) is 0 Å². The largest absolute Gasteiger partial charge is 0.361 e. The first kappa shape index (κ1) is 16.8. The third-order valence-electron chi connectivity index (χ3n) is 3.67. The Kier molecular flexibility index (Phi) is 5.08. The van der Waals surface area contributed by atoms with E-state index in [2.05, 4.69) is 65.4 Å². The van der Waals surface area contributed by atoms with Gasteiger partial charge in [-0.3, -0.25) is 0 Å². The van der Waals surface area contributed by atoms with E-state index >= 15 is 0 Å². The maximum atomic E-state index is 5.43. The fourth-order valence-electron chi connectivity index (χ4n) is 2.48. The zero-order valence-electron chi connectivity index (χ0n) is 13.3. The molecular formula is C16H23ClN4O. The second-order valence-corrected chi connectivity index (χ2v) is 6.49. The second-order valence-electron chi connectivity index (χ2n) is 6.49. The zero-order valence-corrected chi connectivity index (χ0v) is 14.1. The Morgan fingerprint density at radius 1 is 1.27 bits per heavy atom. The highest BCUT2D eigenvalue weighted by atomic mass is 35.5. The lowest BCUT2D eigenvalue weighted by atomic mass is 9.96. The Labute approximate surface area is 137 Å². The first-order valence-electron chi connectivity index (χ1n) is 7.41. The molecule has 2 aromatic rings. The maximum Gasteiger partial charge on any atom is 0.246 e. The molecule has 0 amide bonds. The smallest absolute Gasteiger partial charge is 0.246 e. The normalized spacial score (nSPS) is 15.0. The van der Waals surface area contributed by atoms with E-state index in [1.54, 1.807) is 0 Å². The first-order valence-corrected chi connectivity index (χ1v) is 7.41. The molecule has 0 aliphatic carbocycles. The van der Waals surface area contributed by atoms with Gasteiger partial charge in [0.1, 0.15) is 0 Å². The molecule has 0 atom stereocenters. The van der Waals surface area contributed by atoms with Crippen LogP contribution in [0.15, 0.2) is 28.8 Å². The van der Waals surface area contributed by atoms with Gasteiger partial charge in [-0.2, -0.15) is 4.98 Å². The minimum atomic E-state index is -0.0833. The Morgan fingerprint density at radius 2 is 2.05 bits per heavy atom. The zero-order chi connectivity index (χ0) is 14.9. The molecular weight excluding hydrogens is 300 g/mol. The quantitative estimate of drug-likeness (QED) is 0.921. The highest BCUT2D eigenvalue weighted by molar-refractivity contribution is 5.85. The molecule has 0 radical (unpaired) electrons. The molecule has 1 N–H and O–H groups in total. The Hall–Kier alpha value is -1.59. The fraction of sp³-hybridized carbons (Fsp3) is 0.500. The second kappa shape index (κ2) is 6.67. The Morgan fingerprint density at radius 3 is 2.77 bits per heavy atom. The molecule has 2 heterocycles. The summed E-state index contributed by atoms with van der Waals surface area (Å²) < 4.78 is 5.43. The summed E-state index contributed by atoms with van der Waals surface area (Å²) in [5, 5.41) is 7.54. The van der Waals surface area contributed by atoms with Crippen molar-refractivity contribution in [3.63, 3.8) is 0 Å². The summed E-state index contributed by atoms with van der Waals surface area (Å²) in [7, 11) is 0. The SMILES string of the molecule is CC(C)(C)c1noc(CN2CCNCc3ccccc32)n1.Cl. The molecule has 3 rings (SSSR count). The summed E-state index contributed by atoms with van der Waals surface area (Å²) in [6.45, 7) is 9.72. The lowest BCUT2D eigenvalue weighted by molar-refractivity contribution is 0.361. The van der Waals surface area contributed by atoms with Crippen LogP contribution in [0, 0.1) is 0 Å². The van der Waals surface area contributed by atoms with Crippen molar-refractivity contribution >= 4 is 18.1 Å². The number of nitrogens with one attached hydrogen (secondary N) is 1. The molecule has 1 aromatic heterocycles. The van der Waals surface area contributed by atoms with Gasteiger partial charge in [0.2, 0.25) is 5.89 Å². The number of fused-ring (bicyclic) bond motifs is 1. The molecule has 0 spiro atoms. The molecule has 1 aliphatic heterocycles. The number of hydrogen-bond acceptors (Lipinski definition) is 5. The monoisotopic (exact) mass is 322 g/mol. The van der Waals surface area contributed by atoms with Crippen molar-refractivity contribution in [2.24, 2.45) is 0 Å². The lowest BCUT2D eigenvalue weighted by Gasteiger charge is -2.22. The fourth-order valence-corrected chi connectivity index (χ4v) is 2.48. The van der Waals surface area contributed by atoms with Crippen LogP contribution < -0.4 is 10.2 Å². The number of rotatable bonds is 2. The van der Waals surface area contributed by atoms with Gasteiger partial charge in [-0.15, -0.1) is 12.4 Å². The molecule has 120 valence electrons. The molecule has 6 heteroatoms. The number of anilines is 1. The van der Waals surface area contributed by atoms with Crippen molar-refractivity contribution in [2.75, 3.05) is 18.0 Å². The van der Waals surface area contributed by atoms with Gasteiger partial charge >= 0.3 is 0 Å². The maximum absolute atomic E-state index is 5.43. The lowest BCUT2D eigenvalue weighted by Crippen LogP contribution is -2.28. The van der Waals surface area contributed by atoms with Crippen molar-refractivity contribution in [1.29, 1.82) is 0 Å². The summed E-state index contributed by atoms with van der Waals surface area (Å²) in [6, 6.07) is 8.47. The van der Waals surface area contributed by atoms with Crippen LogP contribution in [0.1, 0.15) is 38.0 Å². The van der Waals surface area contributed by atoms with Crippen molar-refractivity contribution in [1.82, 2.24) is 15.5 Å². The van der Waals surface area contributed by atoms with Gasteiger partial charge in [0.15, 0.2) is 5.82 Å². The molecule has 22 heavy (non-hydrogen) atoms. The highest BCUT2D eigenvalue weighted by Crippen LogP contribution is 2.24. The predicted molar refractivity (Wildman–Crippen MR) is 89.4 cm³/mol. The van der Waals surface area contributed by atoms with E-state index in [9.17, 15) is 0 Å². The Balaban J connectivity index is 0.00000176. The van der Waals surface area contributed by atoms with Crippen LogP contribution in [0.2, 0.25) is 0 Å². The van der Waals surface area contributed by atoms with Crippen LogP contribution in [-0.4, -0.2) is 23.2 Å². The topological polar surface area (TPSA) is 54.2 Å². The summed E-state index contributed by atoms with van der Waals surface area (Å²) in [4.78, 5) is 6.84. The van der Waals surface area contributed by atoms with Gasteiger partial charge in [-0.05, 0) is 11.6 Å². The highest BCUT2D eigenvalue weighted by Gasteiger charge is 2.22. The standard InChI is InChI=1S/C16H22N4O.ClH/c1-16(2,3)15-18-14(21-19-15)11-20-9-8-17-10-12-6-4-5-7-13(12)20;/h4-7,17H,8-11H2,1-3H3;1H. The van der Waals surface area contributed by atoms with Crippen LogP contribution >= 0.6 is 12.4 Å². The predicted octanol–water partition coefficient (Wildman–Crippen LogP) is 2.90. The summed E-state index contributed by atoms with van der Waals surface area (Å²) in [6.07, 6.45) is 0. The van der Waals surface area contributed by atoms with Gasteiger partial charge < -0.3 is 14.7 Å². The van der Waals surface area contributed by atoms with Gasteiger partial charge in [-0.25, -0.2) is 0 Å². The number of hydrogen-bond donors (Lipinski definition) is 1. The summed E-state index contributed by atoms with van der Waals surface area (Å²) in [5.41, 5.74) is 2.48. The molecule has 0 bridgehead atoms.